The number of amides is 1. The van der Waals surface area contributed by atoms with Crippen molar-refractivity contribution in [1.82, 2.24) is 5.32 Å². The van der Waals surface area contributed by atoms with E-state index in [-0.39, 0.29) is 123 Å². The molecule has 10 fully saturated rings. The third kappa shape index (κ3) is 9.31. The third-order valence-electron chi connectivity index (χ3n) is 17.8. The number of nitrogens with one attached hydrogen (secondary N) is 1. The molecule has 15 heteroatoms. The van der Waals surface area contributed by atoms with Crippen LogP contribution in [0, 0.1) is 11.8 Å². The number of alkyl carbamates (subject to hydrolysis) is 1. The topological polar surface area (TPSA) is 165 Å². The maximum Gasteiger partial charge on any atom is 0.407 e. The maximum atomic E-state index is 14.6. The molecule has 15 nitrogen and oxygen atoms in total. The fourth-order valence-corrected chi connectivity index (χ4v) is 14.4. The number of benzene rings is 2. The number of ether oxygens (including phenoxy) is 11. The van der Waals surface area contributed by atoms with Crippen LogP contribution in [-0.4, -0.2) is 142 Å². The first-order valence-corrected chi connectivity index (χ1v) is 26.8. The molecule has 1 amide bonds. The van der Waals surface area contributed by atoms with Gasteiger partial charge in [0.1, 0.15) is 49.0 Å². The highest BCUT2D eigenvalue weighted by Crippen LogP contribution is 2.55. The van der Waals surface area contributed by atoms with Gasteiger partial charge in [0.25, 0.3) is 0 Å². The Kier molecular flexibility index (Phi) is 13.5. The molecule has 19 unspecified atom stereocenters. The fraction of sp³-hybridized carbons (Fsp3) is 0.667. The molecule has 1 N–H and O–H groups in total. The number of methoxy groups -OCH3 is 1. The molecule has 0 radical (unpaired) electrons. The van der Waals surface area contributed by atoms with Gasteiger partial charge in [-0.1, -0.05) is 68.6 Å². The van der Waals surface area contributed by atoms with E-state index >= 15 is 0 Å². The molecular formula is C57H71NO14. The van der Waals surface area contributed by atoms with E-state index in [0.717, 1.165) is 71.9 Å². The summed E-state index contributed by atoms with van der Waals surface area (Å²) < 4.78 is 72.8. The van der Waals surface area contributed by atoms with Crippen molar-refractivity contribution in [3.8, 4) is 11.1 Å². The van der Waals surface area contributed by atoms with Crippen molar-refractivity contribution in [1.29, 1.82) is 0 Å². The van der Waals surface area contributed by atoms with Crippen molar-refractivity contribution in [2.75, 3.05) is 20.3 Å². The van der Waals surface area contributed by atoms with Crippen LogP contribution in [0.5, 0.6) is 0 Å². The molecule has 19 atom stereocenters. The van der Waals surface area contributed by atoms with E-state index < -0.39 is 48.4 Å². The standard InChI is InChI=1S/C57H71NO14/c1-29-20-34-14-16-44-30(2)21-36(65-44)18-19-57-26-49-52(71-57)53-54(70-49)55(72-57)51-45(69-53)17-15-35(67-51)22-33(60)23-42-47(25-46(66-34)31(29)3)68-48(50(42)62-5)24-37(64-32(4)59)27-58-56(61)63-28-43-40-12-8-6-10-38(40)39-11-7-9-13-41(39)43/h6-13,29,34-37,42-55H,2-3,14-28H2,1,4-5H3,(H,58,61)/i2+2. The predicted molar refractivity (Wildman–Crippen MR) is 260 cm³/mol. The van der Waals surface area contributed by atoms with Crippen LogP contribution < -0.4 is 5.32 Å². The molecule has 72 heavy (non-hydrogen) atoms. The van der Waals surface area contributed by atoms with Gasteiger partial charge in [0.2, 0.25) is 0 Å². The minimum absolute atomic E-state index is 0.00542. The zero-order valence-corrected chi connectivity index (χ0v) is 41.8. The lowest BCUT2D eigenvalue weighted by Gasteiger charge is -2.47. The van der Waals surface area contributed by atoms with Crippen LogP contribution >= 0.6 is 0 Å². The van der Waals surface area contributed by atoms with Gasteiger partial charge >= 0.3 is 12.1 Å². The summed E-state index contributed by atoms with van der Waals surface area (Å²) in [5.74, 6) is -1.57. The van der Waals surface area contributed by atoms with Gasteiger partial charge in [-0.25, -0.2) is 4.79 Å². The first-order chi connectivity index (χ1) is 34.9. The lowest BCUT2D eigenvalue weighted by molar-refractivity contribution is -0.292. The highest BCUT2D eigenvalue weighted by molar-refractivity contribution is 5.80. The number of esters is 1. The molecule has 13 rings (SSSR count). The molecule has 2 aromatic carbocycles. The van der Waals surface area contributed by atoms with Gasteiger partial charge in [0.05, 0.1) is 67.6 Å². The average Bonchev–Trinajstić information content (AvgIpc) is 4.12. The molecule has 1 aliphatic carbocycles. The second-order valence-corrected chi connectivity index (χ2v) is 22.5. The molecule has 0 saturated carbocycles. The molecule has 11 aliphatic rings. The monoisotopic (exact) mass is 995 g/mol. The largest absolute Gasteiger partial charge is 0.461 e. The Balaban J connectivity index is 0.767. The fourth-order valence-electron chi connectivity index (χ4n) is 14.4. The smallest absolute Gasteiger partial charge is 0.407 e. The van der Waals surface area contributed by atoms with Crippen LogP contribution in [0.3, 0.4) is 0 Å². The van der Waals surface area contributed by atoms with Crippen LogP contribution in [0.2, 0.25) is 0 Å². The number of rotatable bonds is 8. The molecule has 10 saturated heterocycles. The van der Waals surface area contributed by atoms with Crippen LogP contribution in [0.25, 0.3) is 11.1 Å². The predicted octanol–water partition coefficient (Wildman–Crippen LogP) is 7.59. The molecular weight excluding hydrogens is 925 g/mol. The van der Waals surface area contributed by atoms with Gasteiger partial charge in [-0.2, -0.15) is 0 Å². The minimum Gasteiger partial charge on any atom is -0.461 e. The van der Waals surface area contributed by atoms with Crippen LogP contribution in [0.4, 0.5) is 4.79 Å². The van der Waals surface area contributed by atoms with Crippen molar-refractivity contribution in [3.05, 3.63) is 84.0 Å². The quantitative estimate of drug-likeness (QED) is 0.203. The number of fused-ring (bicyclic) bond motifs is 9. The highest BCUT2D eigenvalue weighted by atomic mass is 16.8. The molecule has 2 aromatic rings. The Labute approximate surface area is 422 Å². The zero-order valence-electron chi connectivity index (χ0n) is 41.8. The number of hydrogen-bond acceptors (Lipinski definition) is 14. The summed E-state index contributed by atoms with van der Waals surface area (Å²) in [6, 6.07) is 16.4. The summed E-state index contributed by atoms with van der Waals surface area (Å²) in [5, 5.41) is 2.86. The lowest BCUT2D eigenvalue weighted by atomic mass is 9.81. The molecule has 1 spiro atoms. The van der Waals surface area contributed by atoms with E-state index in [0.29, 0.717) is 25.7 Å². The molecule has 10 aliphatic heterocycles. The van der Waals surface area contributed by atoms with Gasteiger partial charge in [-0.05, 0) is 84.3 Å². The first-order valence-electron chi connectivity index (χ1n) is 26.8. The molecule has 12 bridgehead atoms. The van der Waals surface area contributed by atoms with E-state index in [1.165, 1.54) is 6.92 Å². The van der Waals surface area contributed by atoms with Crippen molar-refractivity contribution in [2.24, 2.45) is 11.8 Å². The van der Waals surface area contributed by atoms with Gasteiger partial charge in [0.15, 0.2) is 5.79 Å². The normalized spacial score (nSPS) is 41.5. The summed E-state index contributed by atoms with van der Waals surface area (Å²) in [6.07, 6.45) is 2.13. The number of ketones is 1. The van der Waals surface area contributed by atoms with Crippen molar-refractivity contribution in [3.63, 3.8) is 0 Å². The second-order valence-electron chi connectivity index (χ2n) is 22.5. The Bertz CT molecular complexity index is 2370. The van der Waals surface area contributed by atoms with Gasteiger partial charge in [0, 0.05) is 64.4 Å². The van der Waals surface area contributed by atoms with Crippen molar-refractivity contribution in [2.45, 2.75) is 207 Å². The van der Waals surface area contributed by atoms with Crippen LogP contribution in [-0.2, 0) is 61.7 Å². The van der Waals surface area contributed by atoms with Crippen LogP contribution in [0.15, 0.2) is 72.8 Å². The number of carbonyl (C=O) groups is 3. The Hall–Kier alpha value is -4.03. The average molecular weight is 996 g/mol. The second kappa shape index (κ2) is 19.9. The Morgan fingerprint density at radius 3 is 2.26 bits per heavy atom. The van der Waals surface area contributed by atoms with E-state index in [2.05, 4.69) is 49.7 Å². The van der Waals surface area contributed by atoms with Gasteiger partial charge in [-0.3, -0.25) is 9.59 Å². The SMILES string of the molecule is C=C1C(C)CC2CCC3OC(CCC45CC6OC7C(OC8CCC(CC(=O)CC9C(CC1O2)OC(CC(CNC(=O)OCC1c2ccccc2-c2ccccc21)OC(C)=O)C9OC)OC8C7O4)C6O5)CC3=[14CH2]. The minimum atomic E-state index is -0.829. The lowest BCUT2D eigenvalue weighted by Crippen LogP contribution is -2.61. The van der Waals surface area contributed by atoms with E-state index in [4.69, 9.17) is 52.1 Å². The Morgan fingerprint density at radius 1 is 0.778 bits per heavy atom. The Morgan fingerprint density at radius 2 is 1.49 bits per heavy atom. The number of Topliss-reactive ketones (excluding diaryl/α,β-unsaturated/α-hetero) is 1. The van der Waals surface area contributed by atoms with Crippen molar-refractivity contribution < 1.29 is 66.5 Å². The summed E-state index contributed by atoms with van der Waals surface area (Å²) in [6.45, 7) is 12.7. The number of hydrogen-bond donors (Lipinski definition) is 1. The summed E-state index contributed by atoms with van der Waals surface area (Å²) in [4.78, 5) is 40.6. The summed E-state index contributed by atoms with van der Waals surface area (Å²) in [7, 11) is 1.63. The molecule has 10 heterocycles. The first kappa shape index (κ1) is 48.9. The van der Waals surface area contributed by atoms with E-state index in [1.54, 1.807) is 7.11 Å². The molecule has 0 aromatic heterocycles. The van der Waals surface area contributed by atoms with Gasteiger partial charge < -0.3 is 57.4 Å². The van der Waals surface area contributed by atoms with Crippen LogP contribution in [0.1, 0.15) is 114 Å². The molecule has 388 valence electrons. The third-order valence-corrected chi connectivity index (χ3v) is 17.8. The zero-order chi connectivity index (χ0) is 49.4. The maximum absolute atomic E-state index is 14.6. The number of carbonyl (C=O) groups excluding carboxylic acids is 3. The van der Waals surface area contributed by atoms with Crippen molar-refractivity contribution >= 4 is 17.8 Å². The summed E-state index contributed by atoms with van der Waals surface area (Å²) >= 11 is 0. The summed E-state index contributed by atoms with van der Waals surface area (Å²) in [5.41, 5.74) is 6.60. The van der Waals surface area contributed by atoms with E-state index in [1.807, 2.05) is 24.3 Å². The van der Waals surface area contributed by atoms with E-state index in [9.17, 15) is 14.4 Å². The van der Waals surface area contributed by atoms with Gasteiger partial charge in [-0.15, -0.1) is 0 Å². The highest BCUT2D eigenvalue weighted by Gasteiger charge is 2.69.